The van der Waals surface area contributed by atoms with Crippen LogP contribution >= 0.6 is 0 Å². The van der Waals surface area contributed by atoms with Crippen LogP contribution in [0.5, 0.6) is 0 Å². The fourth-order valence-corrected chi connectivity index (χ4v) is 4.20. The van der Waals surface area contributed by atoms with E-state index in [9.17, 15) is 0 Å². The van der Waals surface area contributed by atoms with Gasteiger partial charge in [-0.05, 0) is 63.6 Å². The fraction of sp³-hybridized carbons (Fsp3) is 1.00. The second kappa shape index (κ2) is 7.64. The van der Waals surface area contributed by atoms with Crippen LogP contribution in [0.4, 0.5) is 0 Å². The van der Waals surface area contributed by atoms with Gasteiger partial charge in [0.1, 0.15) is 0 Å². The quantitative estimate of drug-likeness (QED) is 0.817. The molecule has 0 bridgehead atoms. The van der Waals surface area contributed by atoms with E-state index >= 15 is 0 Å². The number of piperidine rings is 1. The van der Waals surface area contributed by atoms with Gasteiger partial charge in [-0.15, -0.1) is 0 Å². The molecule has 0 spiro atoms. The highest BCUT2D eigenvalue weighted by molar-refractivity contribution is 4.92. The number of nitrogens with one attached hydrogen (secondary N) is 1. The third-order valence-electron chi connectivity index (χ3n) is 5.66. The highest BCUT2D eigenvalue weighted by Gasteiger charge is 2.34. The van der Waals surface area contributed by atoms with Gasteiger partial charge in [0.15, 0.2) is 0 Å². The molecule has 2 nitrogen and oxygen atoms in total. The van der Waals surface area contributed by atoms with Gasteiger partial charge < -0.3 is 5.32 Å². The Morgan fingerprint density at radius 1 is 0.895 bits per heavy atom. The maximum atomic E-state index is 3.76. The second-order valence-electron chi connectivity index (χ2n) is 6.71. The topological polar surface area (TPSA) is 15.3 Å². The lowest BCUT2D eigenvalue weighted by atomic mass is 9.79. The lowest BCUT2D eigenvalue weighted by Gasteiger charge is -2.45. The summed E-state index contributed by atoms with van der Waals surface area (Å²) in [6.07, 6.45) is 9.89. The molecule has 0 aromatic rings. The fourth-order valence-electron chi connectivity index (χ4n) is 4.20. The van der Waals surface area contributed by atoms with E-state index in [2.05, 4.69) is 31.0 Å². The molecule has 3 atom stereocenters. The van der Waals surface area contributed by atoms with E-state index in [4.69, 9.17) is 0 Å². The highest BCUT2D eigenvalue weighted by atomic mass is 15.2. The molecule has 1 heterocycles. The Morgan fingerprint density at radius 2 is 1.58 bits per heavy atom. The van der Waals surface area contributed by atoms with Gasteiger partial charge in [-0.3, -0.25) is 4.90 Å². The molecule has 1 aliphatic carbocycles. The first-order chi connectivity index (χ1) is 9.28. The number of likely N-dealkylation sites (tertiary alicyclic amines) is 1. The summed E-state index contributed by atoms with van der Waals surface area (Å²) in [5.74, 6) is 1.98. The summed E-state index contributed by atoms with van der Waals surface area (Å²) in [4.78, 5) is 2.82. The Balaban J connectivity index is 1.93. The molecule has 2 heteroatoms. The molecule has 1 aliphatic heterocycles. The molecular formula is C17H34N2. The zero-order valence-corrected chi connectivity index (χ0v) is 13.3. The first-order valence-electron chi connectivity index (χ1n) is 8.75. The molecule has 112 valence electrons. The summed E-state index contributed by atoms with van der Waals surface area (Å²) < 4.78 is 0. The summed E-state index contributed by atoms with van der Waals surface area (Å²) in [7, 11) is 0. The monoisotopic (exact) mass is 266 g/mol. The van der Waals surface area contributed by atoms with Crippen LogP contribution in [0.1, 0.15) is 65.7 Å². The van der Waals surface area contributed by atoms with E-state index in [0.717, 1.165) is 30.5 Å². The van der Waals surface area contributed by atoms with Crippen molar-refractivity contribution in [3.63, 3.8) is 0 Å². The van der Waals surface area contributed by atoms with Gasteiger partial charge in [-0.2, -0.15) is 0 Å². The van der Waals surface area contributed by atoms with Gasteiger partial charge in [0.05, 0.1) is 0 Å². The van der Waals surface area contributed by atoms with Crippen molar-refractivity contribution in [2.45, 2.75) is 77.8 Å². The van der Waals surface area contributed by atoms with Crippen molar-refractivity contribution < 1.29 is 0 Å². The molecule has 1 saturated carbocycles. The van der Waals surface area contributed by atoms with Crippen LogP contribution < -0.4 is 5.32 Å². The molecule has 3 unspecified atom stereocenters. The van der Waals surface area contributed by atoms with Crippen molar-refractivity contribution in [2.24, 2.45) is 11.8 Å². The molecule has 1 saturated heterocycles. The highest BCUT2D eigenvalue weighted by Crippen LogP contribution is 2.32. The van der Waals surface area contributed by atoms with Crippen LogP contribution in [-0.2, 0) is 0 Å². The van der Waals surface area contributed by atoms with Gasteiger partial charge in [0.25, 0.3) is 0 Å². The molecule has 19 heavy (non-hydrogen) atoms. The Hall–Kier alpha value is -0.0800. The molecule has 0 amide bonds. The smallest absolute Gasteiger partial charge is 0.0251 e. The molecule has 0 radical (unpaired) electrons. The summed E-state index contributed by atoms with van der Waals surface area (Å²) in [6.45, 7) is 10.8. The number of likely N-dealkylation sites (N-methyl/N-ethyl adjacent to an activating group) is 1. The standard InChI is InChI=1S/C17H34N2/c1-4-14-9-11-19(12-10-14)17-13-15(5-2)7-8-16(17)18-6-3/h14-18H,4-13H2,1-3H3. The third-order valence-corrected chi connectivity index (χ3v) is 5.66. The molecule has 1 N–H and O–H groups in total. The van der Waals surface area contributed by atoms with Crippen molar-refractivity contribution in [1.29, 1.82) is 0 Å². The summed E-state index contributed by atoms with van der Waals surface area (Å²) in [5, 5.41) is 3.76. The van der Waals surface area contributed by atoms with E-state index in [1.165, 1.54) is 58.0 Å². The second-order valence-corrected chi connectivity index (χ2v) is 6.71. The van der Waals surface area contributed by atoms with Crippen molar-refractivity contribution >= 4 is 0 Å². The molecule has 2 aliphatic rings. The normalized spacial score (nSPS) is 34.6. The van der Waals surface area contributed by atoms with Crippen LogP contribution in [0.2, 0.25) is 0 Å². The van der Waals surface area contributed by atoms with E-state index in [1.54, 1.807) is 0 Å². The maximum Gasteiger partial charge on any atom is 0.0251 e. The SMILES string of the molecule is CCNC1CCC(CC)CC1N1CCC(CC)CC1. The van der Waals surface area contributed by atoms with Crippen LogP contribution in [0.15, 0.2) is 0 Å². The Morgan fingerprint density at radius 3 is 2.16 bits per heavy atom. The lowest BCUT2D eigenvalue weighted by Crippen LogP contribution is -2.55. The number of rotatable bonds is 5. The average molecular weight is 266 g/mol. The van der Waals surface area contributed by atoms with Gasteiger partial charge in [0, 0.05) is 12.1 Å². The maximum absolute atomic E-state index is 3.76. The van der Waals surface area contributed by atoms with Crippen molar-refractivity contribution in [3.05, 3.63) is 0 Å². The average Bonchev–Trinajstić information content (AvgIpc) is 2.48. The molecule has 2 rings (SSSR count). The minimum absolute atomic E-state index is 0.756. The Kier molecular flexibility index (Phi) is 6.15. The van der Waals surface area contributed by atoms with Crippen LogP contribution in [0.3, 0.4) is 0 Å². The lowest BCUT2D eigenvalue weighted by molar-refractivity contribution is 0.0641. The molecule has 2 fully saturated rings. The van der Waals surface area contributed by atoms with Crippen molar-refractivity contribution in [2.75, 3.05) is 19.6 Å². The number of hydrogen-bond donors (Lipinski definition) is 1. The predicted molar refractivity (Wildman–Crippen MR) is 83.5 cm³/mol. The van der Waals surface area contributed by atoms with Gasteiger partial charge >= 0.3 is 0 Å². The zero-order chi connectivity index (χ0) is 13.7. The summed E-state index contributed by atoms with van der Waals surface area (Å²) in [6, 6.07) is 1.57. The van der Waals surface area contributed by atoms with E-state index in [1.807, 2.05) is 0 Å². The summed E-state index contributed by atoms with van der Waals surface area (Å²) >= 11 is 0. The molecule has 0 aromatic heterocycles. The van der Waals surface area contributed by atoms with Gasteiger partial charge in [-0.25, -0.2) is 0 Å². The van der Waals surface area contributed by atoms with E-state index < -0.39 is 0 Å². The van der Waals surface area contributed by atoms with Crippen LogP contribution in [-0.4, -0.2) is 36.6 Å². The van der Waals surface area contributed by atoms with Crippen LogP contribution in [0.25, 0.3) is 0 Å². The van der Waals surface area contributed by atoms with Crippen LogP contribution in [0, 0.1) is 11.8 Å². The predicted octanol–water partition coefficient (Wildman–Crippen LogP) is 3.67. The summed E-state index contributed by atoms with van der Waals surface area (Å²) in [5.41, 5.74) is 0. The first kappa shape index (κ1) is 15.3. The van der Waals surface area contributed by atoms with Crippen molar-refractivity contribution in [1.82, 2.24) is 10.2 Å². The third kappa shape index (κ3) is 3.95. The number of nitrogens with zero attached hydrogens (tertiary/aromatic N) is 1. The minimum atomic E-state index is 0.756. The Labute approximate surface area is 120 Å². The largest absolute Gasteiger partial charge is 0.313 e. The first-order valence-corrected chi connectivity index (χ1v) is 8.75. The van der Waals surface area contributed by atoms with Gasteiger partial charge in [0.2, 0.25) is 0 Å². The molecular weight excluding hydrogens is 232 g/mol. The van der Waals surface area contributed by atoms with Gasteiger partial charge in [-0.1, -0.05) is 33.6 Å². The Bertz CT molecular complexity index is 246. The van der Waals surface area contributed by atoms with E-state index in [-0.39, 0.29) is 0 Å². The zero-order valence-electron chi connectivity index (χ0n) is 13.3. The molecule has 0 aromatic carbocycles. The number of hydrogen-bond acceptors (Lipinski definition) is 2. The minimum Gasteiger partial charge on any atom is -0.313 e. The van der Waals surface area contributed by atoms with E-state index in [0.29, 0.717) is 0 Å². The van der Waals surface area contributed by atoms with Crippen molar-refractivity contribution in [3.8, 4) is 0 Å².